The molecule has 0 radical (unpaired) electrons. The van der Waals surface area contributed by atoms with Crippen LogP contribution >= 0.6 is 0 Å². The normalized spacial score (nSPS) is 22.6. The van der Waals surface area contributed by atoms with E-state index in [4.69, 9.17) is 4.74 Å². The first kappa shape index (κ1) is 12.5. The first-order valence-corrected chi connectivity index (χ1v) is 6.20. The highest BCUT2D eigenvalue weighted by Crippen LogP contribution is 2.18. The Hall–Kier alpha value is -0.970. The van der Waals surface area contributed by atoms with Crippen molar-refractivity contribution in [3.63, 3.8) is 0 Å². The van der Waals surface area contributed by atoms with Crippen molar-refractivity contribution in [2.45, 2.75) is 19.1 Å². The monoisotopic (exact) mass is 235 g/mol. The van der Waals surface area contributed by atoms with Gasteiger partial charge in [0, 0.05) is 38.1 Å². The molecule has 0 aromatic carbocycles. The number of rotatable bonds is 4. The second kappa shape index (κ2) is 6.10. The van der Waals surface area contributed by atoms with E-state index in [9.17, 15) is 0 Å². The molecule has 0 spiro atoms. The summed E-state index contributed by atoms with van der Waals surface area (Å²) in [6, 6.07) is 4.53. The zero-order valence-electron chi connectivity index (χ0n) is 10.6. The molecule has 1 N–H and O–H groups in total. The van der Waals surface area contributed by atoms with Gasteiger partial charge in [0.15, 0.2) is 0 Å². The third-order valence-corrected chi connectivity index (χ3v) is 3.35. The van der Waals surface area contributed by atoms with Gasteiger partial charge in [0.1, 0.15) is 0 Å². The molecule has 1 aromatic heterocycles. The van der Waals surface area contributed by atoms with E-state index in [0.717, 1.165) is 26.2 Å². The van der Waals surface area contributed by atoms with E-state index >= 15 is 0 Å². The number of nitrogens with one attached hydrogen (secondary N) is 1. The zero-order valence-corrected chi connectivity index (χ0v) is 10.6. The summed E-state index contributed by atoms with van der Waals surface area (Å²) in [6.07, 6.45) is 3.99. The minimum atomic E-state index is 0.304. The van der Waals surface area contributed by atoms with E-state index in [1.165, 1.54) is 5.56 Å². The van der Waals surface area contributed by atoms with Crippen LogP contribution in [0.4, 0.5) is 0 Å². The van der Waals surface area contributed by atoms with Gasteiger partial charge < -0.3 is 10.1 Å². The Morgan fingerprint density at radius 1 is 1.53 bits per heavy atom. The predicted octanol–water partition coefficient (Wildman–Crippen LogP) is 1.06. The first-order chi connectivity index (χ1) is 8.27. The number of hydrogen-bond acceptors (Lipinski definition) is 4. The summed E-state index contributed by atoms with van der Waals surface area (Å²) < 4.78 is 5.72. The Kier molecular flexibility index (Phi) is 4.48. The summed E-state index contributed by atoms with van der Waals surface area (Å²) in [5.74, 6) is 0. The number of morpholine rings is 1. The van der Waals surface area contributed by atoms with E-state index in [1.54, 1.807) is 0 Å². The lowest BCUT2D eigenvalue weighted by atomic mass is 10.1. The number of nitrogens with zero attached hydrogens (tertiary/aromatic N) is 2. The van der Waals surface area contributed by atoms with Crippen LogP contribution in [-0.2, 0) is 4.74 Å². The molecular formula is C13H21N3O. The van der Waals surface area contributed by atoms with Gasteiger partial charge in [0.05, 0.1) is 12.7 Å². The lowest BCUT2D eigenvalue weighted by molar-refractivity contribution is 0.00393. The molecule has 2 atom stereocenters. The summed E-state index contributed by atoms with van der Waals surface area (Å²) in [5.41, 5.74) is 1.30. The standard InChI is InChI=1S/C13H21N3O/c1-11(12-3-5-14-6-4-12)16(2)10-13-9-15-7-8-17-13/h3-6,11,13,15H,7-10H2,1-2H3. The lowest BCUT2D eigenvalue weighted by Crippen LogP contribution is -2.44. The van der Waals surface area contributed by atoms with Crippen molar-refractivity contribution in [3.05, 3.63) is 30.1 Å². The average Bonchev–Trinajstić information content (AvgIpc) is 2.40. The van der Waals surface area contributed by atoms with Crippen molar-refractivity contribution < 1.29 is 4.74 Å². The number of hydrogen-bond donors (Lipinski definition) is 1. The lowest BCUT2D eigenvalue weighted by Gasteiger charge is -2.31. The van der Waals surface area contributed by atoms with Crippen molar-refractivity contribution in [2.24, 2.45) is 0 Å². The van der Waals surface area contributed by atoms with Crippen LogP contribution in [0.5, 0.6) is 0 Å². The molecule has 17 heavy (non-hydrogen) atoms. The van der Waals surface area contributed by atoms with Crippen molar-refractivity contribution in [1.29, 1.82) is 0 Å². The zero-order chi connectivity index (χ0) is 12.1. The smallest absolute Gasteiger partial charge is 0.0826 e. The third kappa shape index (κ3) is 3.49. The molecule has 0 saturated carbocycles. The van der Waals surface area contributed by atoms with Crippen molar-refractivity contribution in [2.75, 3.05) is 33.3 Å². The molecule has 0 bridgehead atoms. The molecule has 0 amide bonds. The van der Waals surface area contributed by atoms with Crippen LogP contribution in [-0.4, -0.2) is 49.3 Å². The van der Waals surface area contributed by atoms with Gasteiger partial charge in [-0.25, -0.2) is 0 Å². The SMILES string of the molecule is CC(c1ccncc1)N(C)CC1CNCCO1. The molecule has 94 valence electrons. The van der Waals surface area contributed by atoms with Crippen LogP contribution in [0.1, 0.15) is 18.5 Å². The van der Waals surface area contributed by atoms with Gasteiger partial charge in [0.2, 0.25) is 0 Å². The van der Waals surface area contributed by atoms with Crippen LogP contribution in [0, 0.1) is 0 Å². The summed E-state index contributed by atoms with van der Waals surface area (Å²) in [6.45, 7) is 5.91. The fourth-order valence-corrected chi connectivity index (χ4v) is 2.11. The molecule has 2 unspecified atom stereocenters. The highest BCUT2D eigenvalue weighted by molar-refractivity contribution is 5.14. The van der Waals surface area contributed by atoms with Gasteiger partial charge >= 0.3 is 0 Å². The Morgan fingerprint density at radius 2 is 2.29 bits per heavy atom. The van der Waals surface area contributed by atoms with Crippen LogP contribution in [0.3, 0.4) is 0 Å². The van der Waals surface area contributed by atoms with Crippen LogP contribution < -0.4 is 5.32 Å². The van der Waals surface area contributed by atoms with E-state index in [1.807, 2.05) is 12.4 Å². The molecule has 1 fully saturated rings. The molecule has 1 saturated heterocycles. The van der Waals surface area contributed by atoms with Crippen LogP contribution in [0.25, 0.3) is 0 Å². The number of pyridine rings is 1. The van der Waals surface area contributed by atoms with E-state index in [-0.39, 0.29) is 0 Å². The maximum atomic E-state index is 5.72. The summed E-state index contributed by atoms with van der Waals surface area (Å²) in [7, 11) is 2.14. The molecule has 2 rings (SSSR count). The van der Waals surface area contributed by atoms with Crippen LogP contribution in [0.15, 0.2) is 24.5 Å². The fourth-order valence-electron chi connectivity index (χ4n) is 2.11. The van der Waals surface area contributed by atoms with Crippen molar-refractivity contribution in [3.8, 4) is 0 Å². The molecule has 2 heterocycles. The second-order valence-electron chi connectivity index (χ2n) is 4.59. The van der Waals surface area contributed by atoms with E-state index in [2.05, 4.69) is 41.3 Å². The van der Waals surface area contributed by atoms with Crippen molar-refractivity contribution >= 4 is 0 Å². The average molecular weight is 235 g/mol. The molecule has 1 aliphatic heterocycles. The number of likely N-dealkylation sites (N-methyl/N-ethyl adjacent to an activating group) is 1. The Bertz CT molecular complexity index is 325. The Labute approximate surface area is 103 Å². The molecule has 1 aliphatic rings. The predicted molar refractivity (Wildman–Crippen MR) is 67.9 cm³/mol. The largest absolute Gasteiger partial charge is 0.374 e. The van der Waals surface area contributed by atoms with Gasteiger partial charge in [0.25, 0.3) is 0 Å². The highest BCUT2D eigenvalue weighted by atomic mass is 16.5. The minimum absolute atomic E-state index is 0.304. The summed E-state index contributed by atoms with van der Waals surface area (Å²) in [5, 5.41) is 3.36. The maximum absolute atomic E-state index is 5.72. The Balaban J connectivity index is 1.88. The van der Waals surface area contributed by atoms with Crippen LogP contribution in [0.2, 0.25) is 0 Å². The second-order valence-corrected chi connectivity index (χ2v) is 4.59. The summed E-state index contributed by atoms with van der Waals surface area (Å²) in [4.78, 5) is 6.38. The molecule has 4 heteroatoms. The van der Waals surface area contributed by atoms with Gasteiger partial charge in [-0.05, 0) is 31.7 Å². The van der Waals surface area contributed by atoms with E-state index < -0.39 is 0 Å². The molecular weight excluding hydrogens is 214 g/mol. The van der Waals surface area contributed by atoms with E-state index in [0.29, 0.717) is 12.1 Å². The fraction of sp³-hybridized carbons (Fsp3) is 0.615. The minimum Gasteiger partial charge on any atom is -0.374 e. The Morgan fingerprint density at radius 3 is 2.94 bits per heavy atom. The maximum Gasteiger partial charge on any atom is 0.0826 e. The number of aromatic nitrogens is 1. The van der Waals surface area contributed by atoms with Crippen molar-refractivity contribution in [1.82, 2.24) is 15.2 Å². The van der Waals surface area contributed by atoms with Gasteiger partial charge in [-0.3, -0.25) is 9.88 Å². The quantitative estimate of drug-likeness (QED) is 0.847. The molecule has 0 aliphatic carbocycles. The first-order valence-electron chi connectivity index (χ1n) is 6.20. The van der Waals surface area contributed by atoms with Gasteiger partial charge in [-0.2, -0.15) is 0 Å². The third-order valence-electron chi connectivity index (χ3n) is 3.35. The van der Waals surface area contributed by atoms with Gasteiger partial charge in [-0.1, -0.05) is 0 Å². The van der Waals surface area contributed by atoms with Gasteiger partial charge in [-0.15, -0.1) is 0 Å². The summed E-state index contributed by atoms with van der Waals surface area (Å²) >= 11 is 0. The topological polar surface area (TPSA) is 37.4 Å². The highest BCUT2D eigenvalue weighted by Gasteiger charge is 2.19. The molecule has 4 nitrogen and oxygen atoms in total. The molecule has 1 aromatic rings. The number of ether oxygens (including phenoxy) is 1.